The van der Waals surface area contributed by atoms with Crippen LogP contribution in [-0.2, 0) is 24.9 Å². The number of nitrogens with one attached hydrogen (secondary N) is 1. The second kappa shape index (κ2) is 8.75. The van der Waals surface area contributed by atoms with Crippen molar-refractivity contribution in [3.05, 3.63) is 53.9 Å². The van der Waals surface area contributed by atoms with Crippen molar-refractivity contribution < 1.29 is 19.1 Å². The molecule has 1 saturated heterocycles. The van der Waals surface area contributed by atoms with Gasteiger partial charge >= 0.3 is 0 Å². The molecule has 9 heteroatoms. The van der Waals surface area contributed by atoms with Gasteiger partial charge in [-0.3, -0.25) is 14.9 Å². The molecule has 1 atom stereocenters. The summed E-state index contributed by atoms with van der Waals surface area (Å²) in [5.41, 5.74) is 2.85. The lowest BCUT2D eigenvalue weighted by Gasteiger charge is -2.09. The number of halogens is 1. The van der Waals surface area contributed by atoms with Gasteiger partial charge in [-0.15, -0.1) is 12.4 Å². The second-order valence-corrected chi connectivity index (χ2v) is 7.64. The van der Waals surface area contributed by atoms with Crippen molar-refractivity contribution in [1.82, 2.24) is 14.9 Å². The van der Waals surface area contributed by atoms with Gasteiger partial charge < -0.3 is 14.0 Å². The van der Waals surface area contributed by atoms with E-state index in [0.29, 0.717) is 18.8 Å². The molecular formula is C20H20ClN3O4S. The summed E-state index contributed by atoms with van der Waals surface area (Å²) in [7, 11) is 3.59. The molecule has 0 unspecified atom stereocenters. The van der Waals surface area contributed by atoms with E-state index < -0.39 is 0 Å². The summed E-state index contributed by atoms with van der Waals surface area (Å²) in [6, 6.07) is 13.3. The maximum atomic E-state index is 11.7. The van der Waals surface area contributed by atoms with Gasteiger partial charge in [-0.25, -0.2) is 4.98 Å². The lowest BCUT2D eigenvalue weighted by molar-refractivity contribution is -0.118. The maximum absolute atomic E-state index is 11.7. The SMILES string of the molecule is COc1ccc2nc(COc3ccc(C[C@H]4SC(=O)NC4=O)cc3)n(C)c2c1.Cl. The fourth-order valence-corrected chi connectivity index (χ4v) is 3.95. The average molecular weight is 434 g/mol. The quantitative estimate of drug-likeness (QED) is 0.640. The van der Waals surface area contributed by atoms with Crippen molar-refractivity contribution in [2.45, 2.75) is 18.3 Å². The van der Waals surface area contributed by atoms with Gasteiger partial charge in [0.2, 0.25) is 5.91 Å². The summed E-state index contributed by atoms with van der Waals surface area (Å²) in [5.74, 6) is 2.08. The van der Waals surface area contributed by atoms with Gasteiger partial charge in [0, 0.05) is 13.1 Å². The lowest BCUT2D eigenvalue weighted by atomic mass is 10.1. The first-order chi connectivity index (χ1) is 13.5. The Kier molecular flexibility index (Phi) is 6.34. The zero-order valence-electron chi connectivity index (χ0n) is 15.9. The zero-order valence-corrected chi connectivity index (χ0v) is 17.5. The maximum Gasteiger partial charge on any atom is 0.286 e. The highest BCUT2D eigenvalue weighted by atomic mass is 35.5. The summed E-state index contributed by atoms with van der Waals surface area (Å²) in [6.07, 6.45) is 0.509. The van der Waals surface area contributed by atoms with Crippen molar-refractivity contribution in [3.63, 3.8) is 0 Å². The predicted molar refractivity (Wildman–Crippen MR) is 114 cm³/mol. The Hall–Kier alpha value is -2.71. The van der Waals surface area contributed by atoms with E-state index in [4.69, 9.17) is 9.47 Å². The van der Waals surface area contributed by atoms with Gasteiger partial charge in [-0.1, -0.05) is 23.9 Å². The number of imidazole rings is 1. The Labute approximate surface area is 178 Å². The first-order valence-electron chi connectivity index (χ1n) is 8.76. The summed E-state index contributed by atoms with van der Waals surface area (Å²) in [5, 5.41) is 1.66. The van der Waals surface area contributed by atoms with Crippen molar-refractivity contribution in [3.8, 4) is 11.5 Å². The molecule has 2 heterocycles. The summed E-state index contributed by atoms with van der Waals surface area (Å²) < 4.78 is 13.1. The van der Waals surface area contributed by atoms with Gasteiger partial charge in [-0.2, -0.15) is 0 Å². The smallest absolute Gasteiger partial charge is 0.286 e. The number of carbonyl (C=O) groups excluding carboxylic acids is 2. The molecule has 152 valence electrons. The highest BCUT2D eigenvalue weighted by Gasteiger charge is 2.31. The van der Waals surface area contributed by atoms with Crippen LogP contribution in [0.4, 0.5) is 4.79 Å². The van der Waals surface area contributed by atoms with Crippen LogP contribution in [-0.4, -0.2) is 33.1 Å². The molecule has 1 aliphatic rings. The number of aryl methyl sites for hydroxylation is 1. The van der Waals surface area contributed by atoms with Crippen LogP contribution in [0.15, 0.2) is 42.5 Å². The minimum atomic E-state index is -0.365. The normalized spacial score (nSPS) is 15.9. The van der Waals surface area contributed by atoms with Gasteiger partial charge in [0.15, 0.2) is 0 Å². The highest BCUT2D eigenvalue weighted by molar-refractivity contribution is 8.15. The Morgan fingerprint density at radius 2 is 1.86 bits per heavy atom. The highest BCUT2D eigenvalue weighted by Crippen LogP contribution is 2.25. The Morgan fingerprint density at radius 1 is 1.14 bits per heavy atom. The Balaban J connectivity index is 0.00000240. The van der Waals surface area contributed by atoms with E-state index in [0.717, 1.165) is 39.9 Å². The number of hydrogen-bond acceptors (Lipinski definition) is 6. The molecule has 1 aromatic heterocycles. The fraction of sp³-hybridized carbons (Fsp3) is 0.250. The molecular weight excluding hydrogens is 414 g/mol. The lowest BCUT2D eigenvalue weighted by Crippen LogP contribution is -2.25. The van der Waals surface area contributed by atoms with Crippen LogP contribution in [0.2, 0.25) is 0 Å². The monoisotopic (exact) mass is 433 g/mol. The second-order valence-electron chi connectivity index (χ2n) is 6.46. The molecule has 29 heavy (non-hydrogen) atoms. The first kappa shape index (κ1) is 21.0. The van der Waals surface area contributed by atoms with E-state index >= 15 is 0 Å². The van der Waals surface area contributed by atoms with E-state index in [1.807, 2.05) is 54.1 Å². The first-order valence-corrected chi connectivity index (χ1v) is 9.64. The van der Waals surface area contributed by atoms with Gasteiger partial charge in [0.05, 0.1) is 23.4 Å². The molecule has 1 fully saturated rings. The van der Waals surface area contributed by atoms with Crippen LogP contribution >= 0.6 is 24.2 Å². The van der Waals surface area contributed by atoms with Crippen molar-refractivity contribution >= 4 is 46.3 Å². The number of amides is 2. The predicted octanol–water partition coefficient (Wildman–Crippen LogP) is 3.48. The molecule has 0 bridgehead atoms. The molecule has 0 aliphatic carbocycles. The third-order valence-corrected chi connectivity index (χ3v) is 5.64. The number of hydrogen-bond donors (Lipinski definition) is 1. The molecule has 1 N–H and O–H groups in total. The van der Waals surface area contributed by atoms with E-state index in [2.05, 4.69) is 10.3 Å². The summed E-state index contributed by atoms with van der Waals surface area (Å²) in [6.45, 7) is 0.336. The Morgan fingerprint density at radius 3 is 2.52 bits per heavy atom. The topological polar surface area (TPSA) is 82.5 Å². The number of rotatable bonds is 6. The molecule has 0 radical (unpaired) electrons. The molecule has 4 rings (SSSR count). The van der Waals surface area contributed by atoms with Gasteiger partial charge in [0.1, 0.15) is 23.9 Å². The summed E-state index contributed by atoms with van der Waals surface area (Å²) in [4.78, 5) is 27.5. The van der Waals surface area contributed by atoms with E-state index in [1.165, 1.54) is 0 Å². The molecule has 0 saturated carbocycles. The number of thioether (sulfide) groups is 1. The molecule has 0 spiro atoms. The Bertz CT molecular complexity index is 1050. The van der Waals surface area contributed by atoms with Crippen LogP contribution in [0, 0.1) is 0 Å². The van der Waals surface area contributed by atoms with Gasteiger partial charge in [-0.05, 0) is 36.2 Å². The van der Waals surface area contributed by atoms with Crippen LogP contribution in [0.1, 0.15) is 11.4 Å². The molecule has 1 aliphatic heterocycles. The standard InChI is InChI=1S/C20H19N3O4S.ClH/c1-23-16-10-14(26-2)7-8-15(16)21-18(23)11-27-13-5-3-12(4-6-13)9-17-19(24)22-20(25)28-17;/h3-8,10,17H,9,11H2,1-2H3,(H,22,24,25);1H/t17-;/m1./s1. The number of aromatic nitrogens is 2. The molecule has 3 aromatic rings. The van der Waals surface area contributed by atoms with Crippen LogP contribution in [0.5, 0.6) is 11.5 Å². The van der Waals surface area contributed by atoms with Crippen molar-refractivity contribution in [2.24, 2.45) is 7.05 Å². The van der Waals surface area contributed by atoms with Crippen molar-refractivity contribution in [2.75, 3.05) is 7.11 Å². The largest absolute Gasteiger partial charge is 0.497 e. The van der Waals surface area contributed by atoms with Crippen LogP contribution < -0.4 is 14.8 Å². The molecule has 2 aromatic carbocycles. The number of nitrogens with zero attached hydrogens (tertiary/aromatic N) is 2. The minimum Gasteiger partial charge on any atom is -0.497 e. The number of ether oxygens (including phenoxy) is 2. The summed E-state index contributed by atoms with van der Waals surface area (Å²) >= 11 is 1.04. The van der Waals surface area contributed by atoms with E-state index in [-0.39, 0.29) is 28.8 Å². The number of benzene rings is 2. The number of methoxy groups -OCH3 is 1. The number of carbonyl (C=O) groups is 2. The van der Waals surface area contributed by atoms with Crippen LogP contribution in [0.25, 0.3) is 11.0 Å². The third-order valence-electron chi connectivity index (χ3n) is 4.66. The third kappa shape index (κ3) is 4.49. The minimum absolute atomic E-state index is 0. The van der Waals surface area contributed by atoms with Crippen LogP contribution in [0.3, 0.4) is 0 Å². The van der Waals surface area contributed by atoms with E-state index in [9.17, 15) is 9.59 Å². The number of fused-ring (bicyclic) bond motifs is 1. The van der Waals surface area contributed by atoms with Crippen molar-refractivity contribution in [1.29, 1.82) is 0 Å². The van der Waals surface area contributed by atoms with Gasteiger partial charge in [0.25, 0.3) is 5.24 Å². The molecule has 2 amide bonds. The fourth-order valence-electron chi connectivity index (χ4n) is 3.09. The van der Waals surface area contributed by atoms with E-state index in [1.54, 1.807) is 7.11 Å². The number of imide groups is 1. The zero-order chi connectivity index (χ0) is 19.7. The average Bonchev–Trinajstić information content (AvgIpc) is 3.19. The molecule has 7 nitrogen and oxygen atoms in total.